The molecule has 2 heteroatoms. The van der Waals surface area contributed by atoms with Crippen molar-refractivity contribution >= 4 is 21.4 Å². The maximum absolute atomic E-state index is 6.44. The van der Waals surface area contributed by atoms with Crippen molar-refractivity contribution in [2.75, 3.05) is 0 Å². The van der Waals surface area contributed by atoms with Gasteiger partial charge in [-0.3, -0.25) is 0 Å². The number of nitrogens with two attached hydrogens (primary N) is 1. The molecule has 19 heavy (non-hydrogen) atoms. The van der Waals surface area contributed by atoms with Crippen molar-refractivity contribution in [3.05, 3.63) is 70.1 Å². The fourth-order valence-electron chi connectivity index (χ4n) is 2.48. The molecule has 96 valence electrons. The van der Waals surface area contributed by atoms with Gasteiger partial charge in [-0.15, -0.1) is 11.3 Å². The molecule has 1 heterocycles. The molecule has 0 saturated carbocycles. The van der Waals surface area contributed by atoms with Crippen LogP contribution in [0.1, 0.15) is 27.6 Å². The van der Waals surface area contributed by atoms with Crippen LogP contribution in [-0.2, 0) is 0 Å². The van der Waals surface area contributed by atoms with Gasteiger partial charge in [-0.25, -0.2) is 0 Å². The summed E-state index contributed by atoms with van der Waals surface area (Å²) < 4.78 is 1.30. The van der Waals surface area contributed by atoms with Crippen LogP contribution in [0.2, 0.25) is 0 Å². The van der Waals surface area contributed by atoms with Crippen molar-refractivity contribution in [3.63, 3.8) is 0 Å². The van der Waals surface area contributed by atoms with E-state index in [0.29, 0.717) is 0 Å². The zero-order valence-electron chi connectivity index (χ0n) is 11.2. The van der Waals surface area contributed by atoms with Gasteiger partial charge >= 0.3 is 0 Å². The Balaban J connectivity index is 2.05. The van der Waals surface area contributed by atoms with Crippen molar-refractivity contribution in [1.82, 2.24) is 0 Å². The van der Waals surface area contributed by atoms with E-state index >= 15 is 0 Å². The molecule has 1 atom stereocenters. The molecule has 0 fully saturated rings. The van der Waals surface area contributed by atoms with Crippen molar-refractivity contribution in [3.8, 4) is 0 Å². The van der Waals surface area contributed by atoms with E-state index in [0.717, 1.165) is 0 Å². The Kier molecular flexibility index (Phi) is 3.13. The van der Waals surface area contributed by atoms with Crippen LogP contribution in [0.4, 0.5) is 0 Å². The van der Waals surface area contributed by atoms with Crippen LogP contribution >= 0.6 is 11.3 Å². The van der Waals surface area contributed by atoms with Gasteiger partial charge in [-0.2, -0.15) is 0 Å². The second kappa shape index (κ2) is 4.80. The van der Waals surface area contributed by atoms with Crippen LogP contribution < -0.4 is 5.73 Å². The first-order valence-corrected chi connectivity index (χ1v) is 7.28. The third kappa shape index (κ3) is 2.29. The molecule has 2 N–H and O–H groups in total. The van der Waals surface area contributed by atoms with Gasteiger partial charge < -0.3 is 5.73 Å². The van der Waals surface area contributed by atoms with E-state index in [4.69, 9.17) is 5.73 Å². The van der Waals surface area contributed by atoms with Crippen LogP contribution in [0.15, 0.2) is 48.5 Å². The minimum Gasteiger partial charge on any atom is -0.320 e. The highest BCUT2D eigenvalue weighted by Gasteiger charge is 2.14. The number of aryl methyl sites for hydroxylation is 2. The molecule has 1 unspecified atom stereocenters. The normalized spacial score (nSPS) is 12.8. The molecule has 0 aliphatic rings. The first-order valence-electron chi connectivity index (χ1n) is 6.46. The summed E-state index contributed by atoms with van der Waals surface area (Å²) in [7, 11) is 0. The first kappa shape index (κ1) is 12.4. The molecule has 0 bridgehead atoms. The number of fused-ring (bicyclic) bond motifs is 1. The summed E-state index contributed by atoms with van der Waals surface area (Å²) in [6.45, 7) is 4.25. The van der Waals surface area contributed by atoms with E-state index in [2.05, 4.69) is 62.4 Å². The Labute approximate surface area is 117 Å². The summed E-state index contributed by atoms with van der Waals surface area (Å²) in [6.07, 6.45) is 0. The van der Waals surface area contributed by atoms with E-state index in [1.165, 1.54) is 31.7 Å². The van der Waals surface area contributed by atoms with Crippen LogP contribution in [0.3, 0.4) is 0 Å². The van der Waals surface area contributed by atoms with Gasteiger partial charge in [0.2, 0.25) is 0 Å². The first-order chi connectivity index (χ1) is 9.15. The maximum atomic E-state index is 6.44. The highest BCUT2D eigenvalue weighted by molar-refractivity contribution is 7.19. The average molecular weight is 267 g/mol. The van der Waals surface area contributed by atoms with Crippen LogP contribution in [-0.4, -0.2) is 0 Å². The molecule has 0 aliphatic heterocycles. The van der Waals surface area contributed by atoms with Crippen LogP contribution in [0.25, 0.3) is 10.1 Å². The average Bonchev–Trinajstić information content (AvgIpc) is 2.81. The third-order valence-corrected chi connectivity index (χ3v) is 4.71. The molecule has 0 amide bonds. The van der Waals surface area contributed by atoms with E-state index < -0.39 is 0 Å². The largest absolute Gasteiger partial charge is 0.320 e. The Hall–Kier alpha value is -1.64. The third-order valence-electron chi connectivity index (χ3n) is 3.51. The summed E-state index contributed by atoms with van der Waals surface area (Å²) in [5, 5.41) is 1.28. The second-order valence-electron chi connectivity index (χ2n) is 5.02. The molecule has 3 aromatic rings. The molecule has 0 radical (unpaired) electrons. The molecule has 0 saturated heterocycles. The molecule has 1 nitrogen and oxygen atoms in total. The van der Waals surface area contributed by atoms with Gasteiger partial charge in [0.15, 0.2) is 0 Å². The van der Waals surface area contributed by atoms with Gasteiger partial charge in [0.05, 0.1) is 6.04 Å². The lowest BCUT2D eigenvalue weighted by Gasteiger charge is -2.13. The summed E-state index contributed by atoms with van der Waals surface area (Å²) >= 11 is 1.79. The summed E-state index contributed by atoms with van der Waals surface area (Å²) in [5.41, 5.74) is 10.2. The molecular formula is C17H17NS. The molecule has 1 aromatic heterocycles. The smallest absolute Gasteiger partial charge is 0.0649 e. The lowest BCUT2D eigenvalue weighted by atomic mass is 9.98. The van der Waals surface area contributed by atoms with Gasteiger partial charge in [0.1, 0.15) is 0 Å². The van der Waals surface area contributed by atoms with E-state index in [1.807, 2.05) is 0 Å². The minimum atomic E-state index is -0.0296. The summed E-state index contributed by atoms with van der Waals surface area (Å²) in [4.78, 5) is 1.23. The van der Waals surface area contributed by atoms with Crippen molar-refractivity contribution in [2.24, 2.45) is 5.73 Å². The van der Waals surface area contributed by atoms with E-state index in [1.54, 1.807) is 11.3 Å². The van der Waals surface area contributed by atoms with E-state index in [9.17, 15) is 0 Å². The number of benzene rings is 2. The predicted molar refractivity (Wildman–Crippen MR) is 83.8 cm³/mol. The zero-order chi connectivity index (χ0) is 13.4. The van der Waals surface area contributed by atoms with Crippen molar-refractivity contribution in [2.45, 2.75) is 19.9 Å². The highest BCUT2D eigenvalue weighted by atomic mass is 32.1. The van der Waals surface area contributed by atoms with Crippen molar-refractivity contribution in [1.29, 1.82) is 0 Å². The summed E-state index contributed by atoms with van der Waals surface area (Å²) in [5.74, 6) is 0. The Morgan fingerprint density at radius 3 is 2.53 bits per heavy atom. The van der Waals surface area contributed by atoms with E-state index in [-0.39, 0.29) is 6.04 Å². The maximum Gasteiger partial charge on any atom is 0.0649 e. The SMILES string of the molecule is Cc1ccc(C(N)c2cc3ccccc3s2)c(C)c1. The molecule has 0 aliphatic carbocycles. The molecular weight excluding hydrogens is 250 g/mol. The monoisotopic (exact) mass is 267 g/mol. The van der Waals surface area contributed by atoms with Crippen molar-refractivity contribution < 1.29 is 0 Å². The van der Waals surface area contributed by atoms with Gasteiger partial charge in [-0.05, 0) is 42.5 Å². The molecule has 2 aromatic carbocycles. The number of hydrogen-bond donors (Lipinski definition) is 1. The number of thiophene rings is 1. The summed E-state index contributed by atoms with van der Waals surface area (Å²) in [6, 6.07) is 17.1. The zero-order valence-corrected chi connectivity index (χ0v) is 12.0. The predicted octanol–water partition coefficient (Wildman–Crippen LogP) is 4.57. The Bertz CT molecular complexity index is 694. The van der Waals surface area contributed by atoms with Gasteiger partial charge in [0, 0.05) is 9.58 Å². The minimum absolute atomic E-state index is 0.0296. The highest BCUT2D eigenvalue weighted by Crippen LogP contribution is 2.32. The number of rotatable bonds is 2. The lowest BCUT2D eigenvalue weighted by molar-refractivity contribution is 0.882. The number of hydrogen-bond acceptors (Lipinski definition) is 2. The Morgan fingerprint density at radius 2 is 1.79 bits per heavy atom. The quantitative estimate of drug-likeness (QED) is 0.723. The topological polar surface area (TPSA) is 26.0 Å². The fourth-order valence-corrected chi connectivity index (χ4v) is 3.57. The van der Waals surface area contributed by atoms with Crippen LogP contribution in [0.5, 0.6) is 0 Å². The standard InChI is InChI=1S/C17H17NS/c1-11-7-8-14(12(2)9-11)17(18)16-10-13-5-3-4-6-15(13)19-16/h3-10,17H,18H2,1-2H3. The fraction of sp³-hybridized carbons (Fsp3) is 0.176. The lowest BCUT2D eigenvalue weighted by Crippen LogP contribution is -2.11. The molecule has 0 spiro atoms. The van der Waals surface area contributed by atoms with Crippen LogP contribution in [0, 0.1) is 13.8 Å². The molecule has 3 rings (SSSR count). The van der Waals surface area contributed by atoms with Gasteiger partial charge in [0.25, 0.3) is 0 Å². The Morgan fingerprint density at radius 1 is 1.00 bits per heavy atom. The second-order valence-corrected chi connectivity index (χ2v) is 6.14. The van der Waals surface area contributed by atoms with Gasteiger partial charge in [-0.1, -0.05) is 42.0 Å².